The lowest BCUT2D eigenvalue weighted by Crippen LogP contribution is -2.45. The molecule has 0 saturated heterocycles. The second-order valence-corrected chi connectivity index (χ2v) is 5.95. The third kappa shape index (κ3) is 4.74. The van der Waals surface area contributed by atoms with E-state index in [1.165, 1.54) is 14.2 Å². The Morgan fingerprint density at radius 2 is 1.88 bits per heavy atom. The van der Waals surface area contributed by atoms with E-state index in [0.29, 0.717) is 29.9 Å². The zero-order valence-electron chi connectivity index (χ0n) is 14.7. The van der Waals surface area contributed by atoms with Crippen molar-refractivity contribution in [3.05, 3.63) is 59.7 Å². The van der Waals surface area contributed by atoms with E-state index < -0.39 is 5.54 Å². The van der Waals surface area contributed by atoms with Crippen molar-refractivity contribution in [1.29, 1.82) is 5.26 Å². The maximum atomic E-state index is 12.7. The molecule has 2 aromatic carbocycles. The number of amides is 1. The number of aryl methyl sites for hydroxylation is 1. The Morgan fingerprint density at radius 1 is 1.16 bits per heavy atom. The van der Waals surface area contributed by atoms with Crippen LogP contribution in [0.25, 0.3) is 0 Å². The minimum atomic E-state index is -0.985. The van der Waals surface area contributed by atoms with E-state index >= 15 is 0 Å². The molecule has 25 heavy (non-hydrogen) atoms. The molecule has 130 valence electrons. The van der Waals surface area contributed by atoms with Crippen molar-refractivity contribution in [2.24, 2.45) is 0 Å². The molecule has 0 bridgehead atoms. The fourth-order valence-corrected chi connectivity index (χ4v) is 2.49. The first-order valence-corrected chi connectivity index (χ1v) is 8.01. The first kappa shape index (κ1) is 18.3. The molecule has 0 aliphatic heterocycles. The SMILES string of the molecule is COc1ccc(OC)c(C(=O)N[C@@](C)(C#N)CCc2ccccc2)c1. The Balaban J connectivity index is 2.15. The van der Waals surface area contributed by atoms with Crippen molar-refractivity contribution < 1.29 is 14.3 Å². The second kappa shape index (κ2) is 8.20. The van der Waals surface area contributed by atoms with Crippen LogP contribution < -0.4 is 14.8 Å². The summed E-state index contributed by atoms with van der Waals surface area (Å²) >= 11 is 0. The molecule has 0 saturated carbocycles. The van der Waals surface area contributed by atoms with Gasteiger partial charge in [0.1, 0.15) is 17.0 Å². The van der Waals surface area contributed by atoms with E-state index in [0.717, 1.165) is 5.56 Å². The largest absolute Gasteiger partial charge is 0.497 e. The molecule has 5 heteroatoms. The third-order valence-corrected chi connectivity index (χ3v) is 4.04. The van der Waals surface area contributed by atoms with Gasteiger partial charge in [-0.1, -0.05) is 30.3 Å². The fourth-order valence-electron chi connectivity index (χ4n) is 2.49. The standard InChI is InChI=1S/C20H22N2O3/c1-20(14-21,12-11-15-7-5-4-6-8-15)22-19(23)17-13-16(24-2)9-10-18(17)25-3/h4-10,13H,11-12H2,1-3H3,(H,22,23)/t20-/m1/s1. The number of carbonyl (C=O) groups is 1. The first-order valence-electron chi connectivity index (χ1n) is 8.01. The van der Waals surface area contributed by atoms with Crippen LogP contribution >= 0.6 is 0 Å². The van der Waals surface area contributed by atoms with Crippen LogP contribution in [0.15, 0.2) is 48.5 Å². The Kier molecular flexibility index (Phi) is 6.02. The van der Waals surface area contributed by atoms with Gasteiger partial charge in [-0.05, 0) is 43.5 Å². The van der Waals surface area contributed by atoms with Crippen LogP contribution in [0.2, 0.25) is 0 Å². The highest BCUT2D eigenvalue weighted by atomic mass is 16.5. The minimum absolute atomic E-state index is 0.336. The van der Waals surface area contributed by atoms with Gasteiger partial charge in [-0.3, -0.25) is 4.79 Å². The summed E-state index contributed by atoms with van der Waals surface area (Å²) in [6.07, 6.45) is 1.20. The Hall–Kier alpha value is -3.00. The van der Waals surface area contributed by atoms with Gasteiger partial charge in [0.05, 0.1) is 25.9 Å². The third-order valence-electron chi connectivity index (χ3n) is 4.04. The summed E-state index contributed by atoms with van der Waals surface area (Å²) < 4.78 is 10.4. The molecule has 0 aliphatic rings. The maximum absolute atomic E-state index is 12.7. The van der Waals surface area contributed by atoms with E-state index in [-0.39, 0.29) is 5.91 Å². The van der Waals surface area contributed by atoms with Crippen LogP contribution in [0, 0.1) is 11.3 Å². The van der Waals surface area contributed by atoms with Crippen LogP contribution in [0.4, 0.5) is 0 Å². The highest BCUT2D eigenvalue weighted by Gasteiger charge is 2.27. The van der Waals surface area contributed by atoms with Gasteiger partial charge in [-0.25, -0.2) is 0 Å². The maximum Gasteiger partial charge on any atom is 0.256 e. The number of carbonyl (C=O) groups excluding carboxylic acids is 1. The van der Waals surface area contributed by atoms with Gasteiger partial charge in [0.25, 0.3) is 5.91 Å². The van der Waals surface area contributed by atoms with Crippen LogP contribution in [-0.4, -0.2) is 25.7 Å². The van der Waals surface area contributed by atoms with Gasteiger partial charge in [0.2, 0.25) is 0 Å². The molecule has 0 fully saturated rings. The molecule has 1 N–H and O–H groups in total. The zero-order valence-corrected chi connectivity index (χ0v) is 14.7. The summed E-state index contributed by atoms with van der Waals surface area (Å²) in [5, 5.41) is 12.4. The minimum Gasteiger partial charge on any atom is -0.497 e. The lowest BCUT2D eigenvalue weighted by atomic mass is 9.94. The van der Waals surface area contributed by atoms with E-state index in [4.69, 9.17) is 9.47 Å². The molecule has 0 aliphatic carbocycles. The van der Waals surface area contributed by atoms with Gasteiger partial charge in [0.15, 0.2) is 0 Å². The van der Waals surface area contributed by atoms with Crippen molar-refractivity contribution in [1.82, 2.24) is 5.32 Å². The molecule has 0 heterocycles. The summed E-state index contributed by atoms with van der Waals surface area (Å²) in [6.45, 7) is 1.72. The van der Waals surface area contributed by atoms with Gasteiger partial charge >= 0.3 is 0 Å². The highest BCUT2D eigenvalue weighted by Crippen LogP contribution is 2.25. The summed E-state index contributed by atoms with van der Waals surface area (Å²) in [7, 11) is 3.03. The fraction of sp³-hybridized carbons (Fsp3) is 0.300. The zero-order chi connectivity index (χ0) is 18.3. The van der Waals surface area contributed by atoms with Crippen molar-refractivity contribution in [2.75, 3.05) is 14.2 Å². The highest BCUT2D eigenvalue weighted by molar-refractivity contribution is 5.98. The lowest BCUT2D eigenvalue weighted by Gasteiger charge is -2.24. The van der Waals surface area contributed by atoms with Gasteiger partial charge in [0, 0.05) is 0 Å². The van der Waals surface area contributed by atoms with Gasteiger partial charge in [-0.15, -0.1) is 0 Å². The van der Waals surface area contributed by atoms with E-state index in [1.807, 2.05) is 30.3 Å². The molecule has 1 amide bonds. The van der Waals surface area contributed by atoms with E-state index in [2.05, 4.69) is 11.4 Å². The molecule has 0 unspecified atom stereocenters. The quantitative estimate of drug-likeness (QED) is 0.840. The number of nitrogens with zero attached hydrogens (tertiary/aromatic N) is 1. The summed E-state index contributed by atoms with van der Waals surface area (Å²) in [4.78, 5) is 12.7. The Morgan fingerprint density at radius 3 is 2.48 bits per heavy atom. The molecule has 0 spiro atoms. The molecule has 1 atom stereocenters. The Bertz CT molecular complexity index is 768. The van der Waals surface area contributed by atoms with Crippen LogP contribution in [0.3, 0.4) is 0 Å². The second-order valence-electron chi connectivity index (χ2n) is 5.95. The monoisotopic (exact) mass is 338 g/mol. The van der Waals surface area contributed by atoms with Crippen LogP contribution in [0.5, 0.6) is 11.5 Å². The van der Waals surface area contributed by atoms with E-state index in [1.54, 1.807) is 25.1 Å². The van der Waals surface area contributed by atoms with Gasteiger partial charge in [-0.2, -0.15) is 5.26 Å². The number of hydrogen-bond donors (Lipinski definition) is 1. The molecule has 5 nitrogen and oxygen atoms in total. The van der Waals surface area contributed by atoms with Crippen LogP contribution in [0.1, 0.15) is 29.3 Å². The Labute approximate surface area is 148 Å². The molecular formula is C20H22N2O3. The first-order chi connectivity index (χ1) is 12.0. The van der Waals surface area contributed by atoms with Gasteiger partial charge < -0.3 is 14.8 Å². The van der Waals surface area contributed by atoms with Crippen molar-refractivity contribution in [2.45, 2.75) is 25.3 Å². The number of rotatable bonds is 7. The molecule has 2 rings (SSSR count). The number of methoxy groups -OCH3 is 2. The van der Waals surface area contributed by atoms with Crippen molar-refractivity contribution in [3.63, 3.8) is 0 Å². The smallest absolute Gasteiger partial charge is 0.256 e. The average Bonchev–Trinajstić information content (AvgIpc) is 2.66. The molecule has 0 aromatic heterocycles. The van der Waals surface area contributed by atoms with Crippen LogP contribution in [-0.2, 0) is 6.42 Å². The summed E-state index contributed by atoms with van der Waals surface area (Å²) in [5.74, 6) is 0.614. The van der Waals surface area contributed by atoms with E-state index in [9.17, 15) is 10.1 Å². The number of nitrogens with one attached hydrogen (secondary N) is 1. The predicted molar refractivity (Wildman–Crippen MR) is 95.8 cm³/mol. The van der Waals surface area contributed by atoms with Crippen molar-refractivity contribution in [3.8, 4) is 17.6 Å². The number of ether oxygens (including phenoxy) is 2. The topological polar surface area (TPSA) is 71.3 Å². The molecule has 2 aromatic rings. The van der Waals surface area contributed by atoms with Crippen molar-refractivity contribution >= 4 is 5.91 Å². The average molecular weight is 338 g/mol. The summed E-state index contributed by atoms with van der Waals surface area (Å²) in [5.41, 5.74) is 0.473. The lowest BCUT2D eigenvalue weighted by molar-refractivity contribution is 0.0918. The number of nitriles is 1. The number of hydrogen-bond acceptors (Lipinski definition) is 4. The summed E-state index contributed by atoms with van der Waals surface area (Å²) in [6, 6.07) is 17.1. The predicted octanol–water partition coefficient (Wildman–Crippen LogP) is 3.35. The number of benzene rings is 2. The molecular weight excluding hydrogens is 316 g/mol. The molecule has 0 radical (unpaired) electrons. The normalized spacial score (nSPS) is 12.6.